The molecule has 27 heavy (non-hydrogen) atoms. The first-order chi connectivity index (χ1) is 13.1. The Hall–Kier alpha value is -2.34. The molecule has 0 heterocycles. The fraction of sp³-hybridized carbons (Fsp3) is 0.333. The molecule has 0 saturated carbocycles. The van der Waals surface area contributed by atoms with Gasteiger partial charge in [0.15, 0.2) is 0 Å². The van der Waals surface area contributed by atoms with Crippen molar-refractivity contribution in [2.45, 2.75) is 39.5 Å². The van der Waals surface area contributed by atoms with Crippen molar-refractivity contribution >= 4 is 5.57 Å². The monoisotopic (exact) mass is 354 g/mol. The lowest BCUT2D eigenvalue weighted by molar-refractivity contribution is 0.150. The van der Waals surface area contributed by atoms with E-state index in [1.807, 2.05) is 0 Å². The molecule has 2 aromatic rings. The molecule has 0 heteroatoms. The molecule has 0 nitrogen and oxygen atoms in total. The molecule has 2 aliphatic carbocycles. The third kappa shape index (κ3) is 3.12. The summed E-state index contributed by atoms with van der Waals surface area (Å²) < 4.78 is 0. The first-order valence-corrected chi connectivity index (χ1v) is 10.4. The standard InChI is InChI=1S/C27H30/c1-4-18-27(3,25-17-11-8-12-20(25)2)26-19-24(21-13-6-5-7-14-21)22-15-9-10-16-23(22)26/h5-17,19-20,25-26H,4,18H2,1-3H3. The van der Waals surface area contributed by atoms with Crippen LogP contribution in [-0.2, 0) is 0 Å². The maximum atomic E-state index is 2.56. The van der Waals surface area contributed by atoms with Gasteiger partial charge in [0.05, 0.1) is 0 Å². The van der Waals surface area contributed by atoms with Crippen molar-refractivity contribution in [1.82, 2.24) is 0 Å². The first kappa shape index (κ1) is 18.0. The minimum absolute atomic E-state index is 0.210. The van der Waals surface area contributed by atoms with Gasteiger partial charge in [-0.1, -0.05) is 112 Å². The topological polar surface area (TPSA) is 0 Å². The largest absolute Gasteiger partial charge is 0.0811 e. The molecular weight excluding hydrogens is 324 g/mol. The van der Waals surface area contributed by atoms with E-state index in [1.165, 1.54) is 35.1 Å². The predicted octanol–water partition coefficient (Wildman–Crippen LogP) is 7.40. The lowest BCUT2D eigenvalue weighted by atomic mass is 9.60. The fourth-order valence-electron chi connectivity index (χ4n) is 5.38. The van der Waals surface area contributed by atoms with Gasteiger partial charge in [-0.25, -0.2) is 0 Å². The molecule has 138 valence electrons. The number of hydrogen-bond acceptors (Lipinski definition) is 0. The Labute approximate surface area is 164 Å². The van der Waals surface area contributed by atoms with E-state index >= 15 is 0 Å². The van der Waals surface area contributed by atoms with Crippen LogP contribution in [0.1, 0.15) is 56.2 Å². The van der Waals surface area contributed by atoms with Crippen molar-refractivity contribution in [3.05, 3.63) is 102 Å². The van der Waals surface area contributed by atoms with Gasteiger partial charge in [0.25, 0.3) is 0 Å². The van der Waals surface area contributed by atoms with Crippen molar-refractivity contribution in [3.63, 3.8) is 0 Å². The van der Waals surface area contributed by atoms with Crippen molar-refractivity contribution in [2.75, 3.05) is 0 Å². The minimum Gasteiger partial charge on any atom is -0.0811 e. The first-order valence-electron chi connectivity index (χ1n) is 10.4. The second kappa shape index (κ2) is 7.35. The second-order valence-electron chi connectivity index (χ2n) is 8.42. The zero-order valence-electron chi connectivity index (χ0n) is 16.7. The number of benzene rings is 2. The Morgan fingerprint density at radius 2 is 1.59 bits per heavy atom. The van der Waals surface area contributed by atoms with E-state index in [9.17, 15) is 0 Å². The zero-order valence-corrected chi connectivity index (χ0v) is 16.7. The summed E-state index contributed by atoms with van der Waals surface area (Å²) in [5, 5.41) is 0. The van der Waals surface area contributed by atoms with Crippen LogP contribution in [0, 0.1) is 17.3 Å². The van der Waals surface area contributed by atoms with Gasteiger partial charge in [-0.2, -0.15) is 0 Å². The fourth-order valence-corrected chi connectivity index (χ4v) is 5.38. The molecule has 4 rings (SSSR count). The summed E-state index contributed by atoms with van der Waals surface area (Å²) in [6, 6.07) is 19.9. The van der Waals surface area contributed by atoms with Crippen LogP contribution in [0.4, 0.5) is 0 Å². The summed E-state index contributed by atoms with van der Waals surface area (Å²) >= 11 is 0. The molecule has 0 saturated heterocycles. The highest BCUT2D eigenvalue weighted by atomic mass is 14.5. The minimum atomic E-state index is 0.210. The van der Waals surface area contributed by atoms with E-state index in [1.54, 1.807) is 0 Å². The highest BCUT2D eigenvalue weighted by Gasteiger charge is 2.44. The Morgan fingerprint density at radius 1 is 0.889 bits per heavy atom. The van der Waals surface area contributed by atoms with E-state index in [0.29, 0.717) is 17.8 Å². The van der Waals surface area contributed by atoms with Gasteiger partial charge < -0.3 is 0 Å². The number of fused-ring (bicyclic) bond motifs is 1. The van der Waals surface area contributed by atoms with E-state index in [4.69, 9.17) is 0 Å². The molecule has 0 bridgehead atoms. The molecule has 0 aliphatic heterocycles. The van der Waals surface area contributed by atoms with Crippen molar-refractivity contribution in [1.29, 1.82) is 0 Å². The van der Waals surface area contributed by atoms with Crippen LogP contribution in [0.2, 0.25) is 0 Å². The van der Waals surface area contributed by atoms with E-state index in [-0.39, 0.29) is 5.41 Å². The maximum absolute atomic E-state index is 2.56. The average molecular weight is 355 g/mol. The predicted molar refractivity (Wildman–Crippen MR) is 117 cm³/mol. The maximum Gasteiger partial charge on any atom is 0.00932 e. The number of rotatable bonds is 5. The van der Waals surface area contributed by atoms with Crippen molar-refractivity contribution in [2.24, 2.45) is 17.3 Å². The number of hydrogen-bond donors (Lipinski definition) is 0. The SMILES string of the molecule is CCCC(C)(C1C=C(c2ccccc2)c2ccccc21)C1C=CC=CC1C. The summed E-state index contributed by atoms with van der Waals surface area (Å²) in [5.74, 6) is 1.59. The molecule has 0 fully saturated rings. The van der Waals surface area contributed by atoms with Gasteiger partial charge in [-0.3, -0.25) is 0 Å². The van der Waals surface area contributed by atoms with Crippen LogP contribution >= 0.6 is 0 Å². The molecule has 2 aliphatic rings. The molecule has 0 amide bonds. The molecular formula is C27H30. The van der Waals surface area contributed by atoms with Crippen LogP contribution in [0.25, 0.3) is 5.57 Å². The van der Waals surface area contributed by atoms with Crippen LogP contribution in [0.3, 0.4) is 0 Å². The Bertz CT molecular complexity index is 883. The third-order valence-corrected chi connectivity index (χ3v) is 6.68. The van der Waals surface area contributed by atoms with Gasteiger partial charge in [-0.05, 0) is 45.9 Å². The van der Waals surface area contributed by atoms with Gasteiger partial charge >= 0.3 is 0 Å². The molecule has 0 aromatic heterocycles. The van der Waals surface area contributed by atoms with Crippen LogP contribution in [-0.4, -0.2) is 0 Å². The van der Waals surface area contributed by atoms with Gasteiger partial charge in [-0.15, -0.1) is 0 Å². The number of allylic oxidation sites excluding steroid dienone is 5. The highest BCUT2D eigenvalue weighted by Crippen LogP contribution is 2.55. The van der Waals surface area contributed by atoms with Crippen LogP contribution < -0.4 is 0 Å². The Balaban J connectivity index is 1.84. The lowest BCUT2D eigenvalue weighted by Crippen LogP contribution is -2.35. The molecule has 4 atom stereocenters. The van der Waals surface area contributed by atoms with Crippen LogP contribution in [0.15, 0.2) is 85.0 Å². The third-order valence-electron chi connectivity index (χ3n) is 6.68. The molecule has 4 unspecified atom stereocenters. The summed E-state index contributed by atoms with van der Waals surface area (Å²) in [5.41, 5.74) is 5.86. The normalized spacial score (nSPS) is 25.7. The van der Waals surface area contributed by atoms with E-state index in [0.717, 1.165) is 0 Å². The Kier molecular flexibility index (Phi) is 4.91. The van der Waals surface area contributed by atoms with Gasteiger partial charge in [0.1, 0.15) is 0 Å². The summed E-state index contributed by atoms with van der Waals surface area (Å²) in [4.78, 5) is 0. The summed E-state index contributed by atoms with van der Waals surface area (Å²) in [7, 11) is 0. The van der Waals surface area contributed by atoms with E-state index < -0.39 is 0 Å². The van der Waals surface area contributed by atoms with Crippen molar-refractivity contribution < 1.29 is 0 Å². The smallest absolute Gasteiger partial charge is 0.00932 e. The van der Waals surface area contributed by atoms with Crippen LogP contribution in [0.5, 0.6) is 0 Å². The highest BCUT2D eigenvalue weighted by molar-refractivity contribution is 5.86. The zero-order chi connectivity index (χ0) is 18.9. The Morgan fingerprint density at radius 3 is 2.33 bits per heavy atom. The second-order valence-corrected chi connectivity index (χ2v) is 8.42. The molecule has 2 aromatic carbocycles. The lowest BCUT2D eigenvalue weighted by Gasteiger charge is -2.44. The molecule has 0 N–H and O–H groups in total. The van der Waals surface area contributed by atoms with E-state index in [2.05, 4.69) is 106 Å². The quantitative estimate of drug-likeness (QED) is 0.524. The van der Waals surface area contributed by atoms with Gasteiger partial charge in [0, 0.05) is 5.92 Å². The molecule has 0 radical (unpaired) electrons. The molecule has 0 spiro atoms. The summed E-state index contributed by atoms with van der Waals surface area (Å²) in [6.45, 7) is 7.22. The van der Waals surface area contributed by atoms with Crippen molar-refractivity contribution in [3.8, 4) is 0 Å². The van der Waals surface area contributed by atoms with Gasteiger partial charge in [0.2, 0.25) is 0 Å². The average Bonchev–Trinajstić information content (AvgIpc) is 3.09. The summed E-state index contributed by atoms with van der Waals surface area (Å²) in [6.07, 6.45) is 14.3.